The van der Waals surface area contributed by atoms with Crippen molar-refractivity contribution in [2.75, 3.05) is 6.61 Å². The molecule has 4 heteroatoms. The van der Waals surface area contributed by atoms with Gasteiger partial charge in [-0.1, -0.05) is 25.8 Å². The van der Waals surface area contributed by atoms with E-state index in [-0.39, 0.29) is 12.3 Å². The molecule has 0 bridgehead atoms. The summed E-state index contributed by atoms with van der Waals surface area (Å²) in [4.78, 5) is 10.8. The van der Waals surface area contributed by atoms with Gasteiger partial charge >= 0.3 is 5.97 Å². The van der Waals surface area contributed by atoms with Gasteiger partial charge in [0.15, 0.2) is 0 Å². The first-order valence-electron chi connectivity index (χ1n) is 8.77. The lowest BCUT2D eigenvalue weighted by Gasteiger charge is -2.12. The van der Waals surface area contributed by atoms with E-state index in [1.807, 2.05) is 6.07 Å². The summed E-state index contributed by atoms with van der Waals surface area (Å²) in [5, 5.41) is 8.92. The molecule has 0 radical (unpaired) electrons. The molecule has 0 aromatic heterocycles. The molecule has 1 heterocycles. The molecule has 128 valence electrons. The molecule has 2 atom stereocenters. The van der Waals surface area contributed by atoms with E-state index in [1.165, 1.54) is 36.0 Å². The summed E-state index contributed by atoms with van der Waals surface area (Å²) < 4.78 is 5.53. The number of nitrogens with two attached hydrogens (primary N) is 1. The van der Waals surface area contributed by atoms with Crippen LogP contribution in [0, 0.1) is 0 Å². The molecule has 0 saturated carbocycles. The Kier molecular flexibility index (Phi) is 6.46. The molecule has 1 aromatic rings. The fourth-order valence-corrected chi connectivity index (χ4v) is 3.49. The van der Waals surface area contributed by atoms with Gasteiger partial charge in [0.1, 0.15) is 5.75 Å². The topological polar surface area (TPSA) is 72.6 Å². The number of carboxylic acid groups (broad SMARTS) is 1. The van der Waals surface area contributed by atoms with E-state index in [0.29, 0.717) is 6.04 Å². The summed E-state index contributed by atoms with van der Waals surface area (Å²) in [6, 6.07) is 4.53. The van der Waals surface area contributed by atoms with Crippen LogP contribution in [0.5, 0.6) is 5.75 Å². The summed E-state index contributed by atoms with van der Waals surface area (Å²) in [7, 11) is 0. The number of unbranched alkanes of at least 4 members (excludes halogenated alkanes) is 1. The van der Waals surface area contributed by atoms with E-state index >= 15 is 0 Å². The molecule has 1 aliphatic carbocycles. The fraction of sp³-hybridized carbons (Fsp3) is 0.632. The Hall–Kier alpha value is -1.55. The first-order valence-corrected chi connectivity index (χ1v) is 8.77. The van der Waals surface area contributed by atoms with Crippen LogP contribution in [-0.4, -0.2) is 23.7 Å². The van der Waals surface area contributed by atoms with Crippen molar-refractivity contribution in [3.8, 4) is 5.75 Å². The minimum Gasteiger partial charge on any atom is -0.493 e. The molecular weight excluding hydrogens is 290 g/mol. The second-order valence-corrected chi connectivity index (χ2v) is 6.67. The molecule has 23 heavy (non-hydrogen) atoms. The Labute approximate surface area is 139 Å². The number of hydrogen-bond donors (Lipinski definition) is 2. The van der Waals surface area contributed by atoms with Crippen LogP contribution in [0.3, 0.4) is 0 Å². The number of ether oxygens (including phenoxy) is 1. The Bertz CT molecular complexity index is 540. The third kappa shape index (κ3) is 4.71. The average Bonchev–Trinajstić information content (AvgIpc) is 3.11. The highest BCUT2D eigenvalue weighted by molar-refractivity contribution is 5.69. The van der Waals surface area contributed by atoms with E-state index in [1.54, 1.807) is 0 Å². The van der Waals surface area contributed by atoms with Crippen LogP contribution in [-0.2, 0) is 17.6 Å². The molecule has 0 unspecified atom stereocenters. The third-order valence-electron chi connectivity index (χ3n) is 4.62. The van der Waals surface area contributed by atoms with Crippen molar-refractivity contribution in [2.24, 2.45) is 5.73 Å². The zero-order valence-corrected chi connectivity index (χ0v) is 14.3. The van der Waals surface area contributed by atoms with Crippen molar-refractivity contribution >= 4 is 5.97 Å². The van der Waals surface area contributed by atoms with Gasteiger partial charge < -0.3 is 15.6 Å². The van der Waals surface area contributed by atoms with E-state index in [0.717, 1.165) is 31.6 Å². The summed E-state index contributed by atoms with van der Waals surface area (Å²) in [5.41, 5.74) is 9.35. The van der Waals surface area contributed by atoms with E-state index in [4.69, 9.17) is 15.6 Å². The summed E-state index contributed by atoms with van der Waals surface area (Å²) in [6.07, 6.45) is 6.90. The molecule has 0 saturated heterocycles. The van der Waals surface area contributed by atoms with Crippen molar-refractivity contribution < 1.29 is 14.6 Å². The molecule has 4 nitrogen and oxygen atoms in total. The maximum Gasteiger partial charge on any atom is 0.303 e. The van der Waals surface area contributed by atoms with Gasteiger partial charge in [0.25, 0.3) is 0 Å². The standard InChI is InChI=1S/C13H14O3.C6H15N/c14-12(15)7-9-2-1-8-3-4-11-10(13(8)9)5-6-16-11;1-3-4-5-6(2)7/h3-4,9H,1-2,5-7H2,(H,14,15);6H,3-5,7H2,1-2H3/t9-;6-/m10/s1. The zero-order valence-electron chi connectivity index (χ0n) is 14.3. The van der Waals surface area contributed by atoms with Gasteiger partial charge in [-0.3, -0.25) is 4.79 Å². The zero-order chi connectivity index (χ0) is 16.8. The number of carbonyl (C=O) groups is 1. The first kappa shape index (κ1) is 17.8. The number of aliphatic carboxylic acids is 1. The van der Waals surface area contributed by atoms with Crippen LogP contribution >= 0.6 is 0 Å². The van der Waals surface area contributed by atoms with Crippen LogP contribution < -0.4 is 10.5 Å². The molecule has 0 spiro atoms. The number of aryl methyl sites for hydroxylation is 1. The maximum atomic E-state index is 10.8. The Morgan fingerprint density at radius 3 is 2.83 bits per heavy atom. The molecule has 0 amide bonds. The van der Waals surface area contributed by atoms with Crippen molar-refractivity contribution in [1.82, 2.24) is 0 Å². The molecule has 2 aliphatic rings. The van der Waals surface area contributed by atoms with Gasteiger partial charge in [0.2, 0.25) is 0 Å². The molecule has 1 aromatic carbocycles. The van der Waals surface area contributed by atoms with Crippen LogP contribution in [0.4, 0.5) is 0 Å². The third-order valence-corrected chi connectivity index (χ3v) is 4.62. The molecule has 1 aliphatic heterocycles. The number of carboxylic acids is 1. The molecular formula is C19H29NO3. The lowest BCUT2D eigenvalue weighted by molar-refractivity contribution is -0.137. The van der Waals surface area contributed by atoms with Gasteiger partial charge in [0, 0.05) is 18.0 Å². The van der Waals surface area contributed by atoms with Crippen molar-refractivity contribution in [2.45, 2.75) is 70.8 Å². The fourth-order valence-electron chi connectivity index (χ4n) is 3.49. The van der Waals surface area contributed by atoms with Crippen LogP contribution in [0.2, 0.25) is 0 Å². The smallest absolute Gasteiger partial charge is 0.303 e. The number of rotatable bonds is 5. The predicted octanol–water partition coefficient (Wildman–Crippen LogP) is 3.65. The maximum absolute atomic E-state index is 10.8. The average molecular weight is 319 g/mol. The monoisotopic (exact) mass is 319 g/mol. The molecule has 0 fully saturated rings. The molecule has 3 N–H and O–H groups in total. The van der Waals surface area contributed by atoms with E-state index < -0.39 is 5.97 Å². The Balaban J connectivity index is 0.000000236. The minimum atomic E-state index is -0.700. The minimum absolute atomic E-state index is 0.198. The van der Waals surface area contributed by atoms with E-state index in [2.05, 4.69) is 19.9 Å². The summed E-state index contributed by atoms with van der Waals surface area (Å²) >= 11 is 0. The van der Waals surface area contributed by atoms with E-state index in [9.17, 15) is 4.79 Å². The van der Waals surface area contributed by atoms with Gasteiger partial charge in [-0.05, 0) is 49.3 Å². The Morgan fingerprint density at radius 2 is 2.22 bits per heavy atom. The van der Waals surface area contributed by atoms with Crippen LogP contribution in [0.15, 0.2) is 12.1 Å². The van der Waals surface area contributed by atoms with Gasteiger partial charge in [-0.15, -0.1) is 0 Å². The van der Waals surface area contributed by atoms with Gasteiger partial charge in [-0.2, -0.15) is 0 Å². The van der Waals surface area contributed by atoms with Crippen molar-refractivity contribution in [3.63, 3.8) is 0 Å². The number of benzene rings is 1. The van der Waals surface area contributed by atoms with Crippen molar-refractivity contribution in [1.29, 1.82) is 0 Å². The Morgan fingerprint density at radius 1 is 1.43 bits per heavy atom. The number of fused-ring (bicyclic) bond motifs is 3. The highest BCUT2D eigenvalue weighted by Crippen LogP contribution is 2.43. The highest BCUT2D eigenvalue weighted by atomic mass is 16.5. The quantitative estimate of drug-likeness (QED) is 0.869. The van der Waals surface area contributed by atoms with Gasteiger partial charge in [0.05, 0.1) is 13.0 Å². The van der Waals surface area contributed by atoms with Crippen LogP contribution in [0.1, 0.15) is 68.6 Å². The lowest BCUT2D eigenvalue weighted by Crippen LogP contribution is -2.13. The highest BCUT2D eigenvalue weighted by Gasteiger charge is 2.30. The lowest BCUT2D eigenvalue weighted by atomic mass is 9.92. The normalized spacial score (nSPS) is 19.2. The first-order chi connectivity index (χ1) is 11.0. The van der Waals surface area contributed by atoms with Crippen molar-refractivity contribution in [3.05, 3.63) is 28.8 Å². The largest absolute Gasteiger partial charge is 0.493 e. The second-order valence-electron chi connectivity index (χ2n) is 6.67. The summed E-state index contributed by atoms with van der Waals surface area (Å²) in [5.74, 6) is 0.467. The van der Waals surface area contributed by atoms with Gasteiger partial charge in [-0.25, -0.2) is 0 Å². The SMILES string of the molecule is CCCC[C@H](C)N.O=C(O)C[C@H]1CCc2ccc3c(c21)CCO3. The summed E-state index contributed by atoms with van der Waals surface area (Å²) in [6.45, 7) is 4.98. The molecule has 3 rings (SSSR count). The predicted molar refractivity (Wildman–Crippen MR) is 92.1 cm³/mol. The number of hydrogen-bond acceptors (Lipinski definition) is 3. The van der Waals surface area contributed by atoms with Crippen LogP contribution in [0.25, 0.3) is 0 Å². The second kappa shape index (κ2) is 8.34.